The lowest BCUT2D eigenvalue weighted by Crippen LogP contribution is -2.49. The summed E-state index contributed by atoms with van der Waals surface area (Å²) in [6.07, 6.45) is 2.26. The van der Waals surface area contributed by atoms with Crippen LogP contribution in [0, 0.1) is 5.92 Å². The van der Waals surface area contributed by atoms with Gasteiger partial charge < -0.3 is 19.5 Å². The summed E-state index contributed by atoms with van der Waals surface area (Å²) in [6.45, 7) is 5.37. The van der Waals surface area contributed by atoms with E-state index < -0.39 is 0 Å². The Bertz CT molecular complexity index is 694. The molecule has 0 aromatic carbocycles. The summed E-state index contributed by atoms with van der Waals surface area (Å²) < 4.78 is 5.30. The van der Waals surface area contributed by atoms with Gasteiger partial charge in [-0.2, -0.15) is 0 Å². The van der Waals surface area contributed by atoms with Crippen molar-refractivity contribution >= 4 is 11.8 Å². The van der Waals surface area contributed by atoms with Crippen LogP contribution in [0.25, 0.3) is 0 Å². The molecule has 3 heterocycles. The Morgan fingerprint density at radius 1 is 1.20 bits per heavy atom. The maximum Gasteiger partial charge on any atom is 0.254 e. The zero-order valence-corrected chi connectivity index (χ0v) is 14.6. The van der Waals surface area contributed by atoms with E-state index in [0.717, 1.165) is 18.5 Å². The fraction of sp³-hybridized carbons (Fsp3) is 0.611. The molecule has 0 unspecified atom stereocenters. The second-order valence-electron chi connectivity index (χ2n) is 6.64. The van der Waals surface area contributed by atoms with E-state index in [1.54, 1.807) is 11.0 Å². The number of aryl methyl sites for hydroxylation is 1. The number of aromatic amines is 1. The van der Waals surface area contributed by atoms with E-state index in [-0.39, 0.29) is 23.3 Å². The fourth-order valence-electron chi connectivity index (χ4n) is 3.50. The van der Waals surface area contributed by atoms with Crippen LogP contribution in [0.2, 0.25) is 0 Å². The Labute approximate surface area is 147 Å². The molecule has 1 N–H and O–H groups in total. The Kier molecular flexibility index (Phi) is 5.53. The van der Waals surface area contributed by atoms with Crippen molar-refractivity contribution in [2.45, 2.75) is 26.2 Å². The molecule has 0 radical (unpaired) electrons. The molecule has 2 fully saturated rings. The van der Waals surface area contributed by atoms with Crippen LogP contribution in [-0.2, 0) is 16.0 Å². The average Bonchev–Trinajstić information content (AvgIpc) is 2.67. The molecule has 2 amide bonds. The standard InChI is InChI=1S/C18H25N3O4/c1-2-15-10-14(11-16(22)19-15)18(24)21-5-3-4-13(12-21)17(23)20-6-8-25-9-7-20/h10-11,13H,2-9,12H2,1H3,(H,19,22)/t13-/m0/s1. The molecule has 0 saturated carbocycles. The van der Waals surface area contributed by atoms with E-state index in [4.69, 9.17) is 4.74 Å². The summed E-state index contributed by atoms with van der Waals surface area (Å²) in [5, 5.41) is 0. The third-order valence-corrected chi connectivity index (χ3v) is 4.91. The second-order valence-corrected chi connectivity index (χ2v) is 6.64. The van der Waals surface area contributed by atoms with Gasteiger partial charge in [-0.05, 0) is 25.3 Å². The van der Waals surface area contributed by atoms with Gasteiger partial charge >= 0.3 is 0 Å². The summed E-state index contributed by atoms with van der Waals surface area (Å²) in [5.41, 5.74) is 0.884. The number of ether oxygens (including phenoxy) is 1. The molecule has 0 aliphatic carbocycles. The van der Waals surface area contributed by atoms with Gasteiger partial charge in [-0.1, -0.05) is 6.92 Å². The fourth-order valence-corrected chi connectivity index (χ4v) is 3.50. The van der Waals surface area contributed by atoms with Gasteiger partial charge in [-0.15, -0.1) is 0 Å². The largest absolute Gasteiger partial charge is 0.378 e. The van der Waals surface area contributed by atoms with E-state index in [1.165, 1.54) is 6.07 Å². The van der Waals surface area contributed by atoms with Crippen molar-refractivity contribution in [2.24, 2.45) is 5.92 Å². The van der Waals surface area contributed by atoms with Crippen molar-refractivity contribution < 1.29 is 14.3 Å². The lowest BCUT2D eigenvalue weighted by molar-refractivity contribution is -0.141. The number of likely N-dealkylation sites (tertiary alicyclic amines) is 1. The van der Waals surface area contributed by atoms with E-state index in [2.05, 4.69) is 4.98 Å². The van der Waals surface area contributed by atoms with Crippen LogP contribution < -0.4 is 5.56 Å². The summed E-state index contributed by atoms with van der Waals surface area (Å²) in [6, 6.07) is 3.08. The zero-order chi connectivity index (χ0) is 17.8. The number of nitrogens with one attached hydrogen (secondary N) is 1. The molecule has 3 rings (SSSR count). The number of carbonyl (C=O) groups is 2. The topological polar surface area (TPSA) is 82.7 Å². The van der Waals surface area contributed by atoms with Crippen LogP contribution >= 0.6 is 0 Å². The Morgan fingerprint density at radius 2 is 1.96 bits per heavy atom. The minimum Gasteiger partial charge on any atom is -0.378 e. The molecule has 2 saturated heterocycles. The molecule has 0 spiro atoms. The minimum absolute atomic E-state index is 0.112. The molecule has 0 bridgehead atoms. The number of morpholine rings is 1. The average molecular weight is 347 g/mol. The molecule has 136 valence electrons. The maximum absolute atomic E-state index is 12.8. The highest BCUT2D eigenvalue weighted by molar-refractivity contribution is 5.94. The van der Waals surface area contributed by atoms with Crippen LogP contribution in [0.1, 0.15) is 35.8 Å². The third kappa shape index (κ3) is 4.10. The van der Waals surface area contributed by atoms with E-state index in [0.29, 0.717) is 51.4 Å². The lowest BCUT2D eigenvalue weighted by atomic mass is 9.95. The number of amides is 2. The van der Waals surface area contributed by atoms with Crippen molar-refractivity contribution in [1.29, 1.82) is 0 Å². The summed E-state index contributed by atoms with van der Waals surface area (Å²) in [4.78, 5) is 43.5. The number of aromatic nitrogens is 1. The predicted molar refractivity (Wildman–Crippen MR) is 92.5 cm³/mol. The SMILES string of the molecule is CCc1cc(C(=O)N2CCC[C@H](C(=O)N3CCOCC3)C2)cc(=O)[nH]1. The Hall–Kier alpha value is -2.15. The minimum atomic E-state index is -0.263. The van der Waals surface area contributed by atoms with Gasteiger partial charge in [-0.3, -0.25) is 14.4 Å². The van der Waals surface area contributed by atoms with E-state index in [9.17, 15) is 14.4 Å². The van der Waals surface area contributed by atoms with Crippen LogP contribution in [-0.4, -0.2) is 66.0 Å². The number of H-pyrrole nitrogens is 1. The maximum atomic E-state index is 12.8. The predicted octanol–water partition coefficient (Wildman–Crippen LogP) is 0.648. The van der Waals surface area contributed by atoms with Gasteiger partial charge in [0.15, 0.2) is 0 Å². The molecular formula is C18H25N3O4. The number of carbonyl (C=O) groups excluding carboxylic acids is 2. The van der Waals surface area contributed by atoms with E-state index >= 15 is 0 Å². The number of hydrogen-bond donors (Lipinski definition) is 1. The van der Waals surface area contributed by atoms with Crippen molar-refractivity contribution in [2.75, 3.05) is 39.4 Å². The first-order valence-corrected chi connectivity index (χ1v) is 8.97. The molecule has 1 aromatic heterocycles. The van der Waals surface area contributed by atoms with Crippen LogP contribution in [0.4, 0.5) is 0 Å². The van der Waals surface area contributed by atoms with Crippen molar-refractivity contribution in [1.82, 2.24) is 14.8 Å². The first-order valence-electron chi connectivity index (χ1n) is 8.97. The highest BCUT2D eigenvalue weighted by Crippen LogP contribution is 2.21. The van der Waals surface area contributed by atoms with Gasteiger partial charge in [0.05, 0.1) is 19.1 Å². The van der Waals surface area contributed by atoms with Crippen LogP contribution in [0.5, 0.6) is 0 Å². The number of piperidine rings is 1. The first kappa shape index (κ1) is 17.7. The van der Waals surface area contributed by atoms with Crippen molar-refractivity contribution in [3.05, 3.63) is 33.7 Å². The highest BCUT2D eigenvalue weighted by atomic mass is 16.5. The molecule has 1 atom stereocenters. The molecule has 25 heavy (non-hydrogen) atoms. The molecule has 7 heteroatoms. The molecule has 2 aliphatic rings. The van der Waals surface area contributed by atoms with Crippen LogP contribution in [0.3, 0.4) is 0 Å². The summed E-state index contributed by atoms with van der Waals surface area (Å²) in [5.74, 6) is -0.218. The Morgan fingerprint density at radius 3 is 2.68 bits per heavy atom. The van der Waals surface area contributed by atoms with Gasteiger partial charge in [0, 0.05) is 43.5 Å². The van der Waals surface area contributed by atoms with Gasteiger partial charge in [0.1, 0.15) is 0 Å². The molecule has 1 aromatic rings. The number of nitrogens with zero attached hydrogens (tertiary/aromatic N) is 2. The molecule has 7 nitrogen and oxygen atoms in total. The number of pyridine rings is 1. The van der Waals surface area contributed by atoms with Gasteiger partial charge in [0.25, 0.3) is 5.91 Å². The molecular weight excluding hydrogens is 322 g/mol. The van der Waals surface area contributed by atoms with Gasteiger partial charge in [-0.25, -0.2) is 0 Å². The highest BCUT2D eigenvalue weighted by Gasteiger charge is 2.32. The van der Waals surface area contributed by atoms with E-state index in [1.807, 2.05) is 11.8 Å². The quantitative estimate of drug-likeness (QED) is 0.870. The third-order valence-electron chi connectivity index (χ3n) is 4.91. The number of rotatable bonds is 3. The Balaban J connectivity index is 1.70. The smallest absolute Gasteiger partial charge is 0.254 e. The van der Waals surface area contributed by atoms with Crippen molar-refractivity contribution in [3.8, 4) is 0 Å². The van der Waals surface area contributed by atoms with Crippen LogP contribution in [0.15, 0.2) is 16.9 Å². The summed E-state index contributed by atoms with van der Waals surface area (Å²) in [7, 11) is 0. The first-order chi connectivity index (χ1) is 12.1. The summed E-state index contributed by atoms with van der Waals surface area (Å²) >= 11 is 0. The van der Waals surface area contributed by atoms with Gasteiger partial charge in [0.2, 0.25) is 11.5 Å². The lowest BCUT2D eigenvalue weighted by Gasteiger charge is -2.36. The van der Waals surface area contributed by atoms with Crippen molar-refractivity contribution in [3.63, 3.8) is 0 Å². The monoisotopic (exact) mass is 347 g/mol. The molecule has 2 aliphatic heterocycles. The number of hydrogen-bond acceptors (Lipinski definition) is 4. The normalized spacial score (nSPS) is 21.2. The zero-order valence-electron chi connectivity index (χ0n) is 14.6. The second kappa shape index (κ2) is 7.82.